The zero-order valence-electron chi connectivity index (χ0n) is 13.9. The van der Waals surface area contributed by atoms with Crippen LogP contribution in [0.2, 0.25) is 0 Å². The summed E-state index contributed by atoms with van der Waals surface area (Å²) in [7, 11) is 0.456. The van der Waals surface area contributed by atoms with E-state index in [2.05, 4.69) is 11.0 Å². The normalized spacial score (nSPS) is 18.7. The van der Waals surface area contributed by atoms with Crippen LogP contribution in [0.4, 0.5) is 0 Å². The molecule has 0 radical (unpaired) electrons. The predicted octanol–water partition coefficient (Wildman–Crippen LogP) is 2.70. The molecule has 0 unspecified atom stereocenters. The summed E-state index contributed by atoms with van der Waals surface area (Å²) in [6.45, 7) is 1.46. The minimum atomic E-state index is -0.977. The summed E-state index contributed by atoms with van der Waals surface area (Å²) < 4.78 is 16.5. The first-order valence-corrected chi connectivity index (χ1v) is 9.48. The van der Waals surface area contributed by atoms with Crippen molar-refractivity contribution in [2.75, 3.05) is 19.9 Å². The van der Waals surface area contributed by atoms with Gasteiger partial charge in [-0.2, -0.15) is 0 Å². The fourth-order valence-electron chi connectivity index (χ4n) is 3.20. The lowest BCUT2D eigenvalue weighted by Gasteiger charge is -2.35. The van der Waals surface area contributed by atoms with Gasteiger partial charge in [0.05, 0.1) is 7.11 Å². The number of esters is 1. The quantitative estimate of drug-likeness (QED) is 0.801. The first-order chi connectivity index (χ1) is 11.6. The molecule has 2 aromatic rings. The van der Waals surface area contributed by atoms with Crippen molar-refractivity contribution in [3.8, 4) is 0 Å². The van der Waals surface area contributed by atoms with Crippen LogP contribution in [-0.4, -0.2) is 35.0 Å². The summed E-state index contributed by atoms with van der Waals surface area (Å²) in [5.41, 5.74) is 3.33. The zero-order chi connectivity index (χ0) is 17.1. The molecule has 24 heavy (non-hydrogen) atoms. The number of nitrogens with zero attached hydrogens (tertiary/aromatic N) is 1. The van der Waals surface area contributed by atoms with Gasteiger partial charge in [-0.25, -0.2) is 4.79 Å². The van der Waals surface area contributed by atoms with Crippen LogP contribution in [0.5, 0.6) is 0 Å². The van der Waals surface area contributed by atoms with Gasteiger partial charge in [-0.3, -0.25) is 9.11 Å². The SMILES string of the molecule is COC(=O)[C@@H]1c2ccccc2CCN1Cc1ccc([S@](C)=O)cc1. The van der Waals surface area contributed by atoms with Gasteiger partial charge >= 0.3 is 5.97 Å². The number of hydrogen-bond donors (Lipinski definition) is 0. The molecule has 3 rings (SSSR count). The highest BCUT2D eigenvalue weighted by Gasteiger charge is 2.33. The maximum Gasteiger partial charge on any atom is 0.327 e. The zero-order valence-corrected chi connectivity index (χ0v) is 14.7. The fourth-order valence-corrected chi connectivity index (χ4v) is 3.72. The second kappa shape index (κ2) is 7.28. The Morgan fingerprint density at radius 3 is 2.58 bits per heavy atom. The highest BCUT2D eigenvalue weighted by atomic mass is 32.2. The monoisotopic (exact) mass is 343 g/mol. The predicted molar refractivity (Wildman–Crippen MR) is 94.1 cm³/mol. The van der Waals surface area contributed by atoms with E-state index in [1.165, 1.54) is 12.7 Å². The van der Waals surface area contributed by atoms with E-state index in [1.54, 1.807) is 6.26 Å². The molecule has 0 fully saturated rings. The lowest BCUT2D eigenvalue weighted by atomic mass is 9.92. The largest absolute Gasteiger partial charge is 0.468 e. The van der Waals surface area contributed by atoms with E-state index in [9.17, 15) is 9.00 Å². The first-order valence-electron chi connectivity index (χ1n) is 7.92. The van der Waals surface area contributed by atoms with Crippen LogP contribution in [0.3, 0.4) is 0 Å². The molecular weight excluding hydrogens is 322 g/mol. The van der Waals surface area contributed by atoms with E-state index in [-0.39, 0.29) is 12.0 Å². The molecule has 1 heterocycles. The van der Waals surface area contributed by atoms with E-state index in [1.807, 2.05) is 42.5 Å². The van der Waals surface area contributed by atoms with Gasteiger partial charge in [-0.1, -0.05) is 36.4 Å². The third-order valence-corrected chi connectivity index (χ3v) is 5.38. The summed E-state index contributed by atoms with van der Waals surface area (Å²) in [6, 6.07) is 15.4. The van der Waals surface area contributed by atoms with Crippen molar-refractivity contribution < 1.29 is 13.7 Å². The highest BCUT2D eigenvalue weighted by Crippen LogP contribution is 2.31. The molecule has 0 bridgehead atoms. The maximum absolute atomic E-state index is 12.4. The number of ether oxygens (including phenoxy) is 1. The van der Waals surface area contributed by atoms with Crippen LogP contribution in [0.15, 0.2) is 53.4 Å². The summed E-state index contributed by atoms with van der Waals surface area (Å²) in [5, 5.41) is 0. The van der Waals surface area contributed by atoms with Crippen molar-refractivity contribution in [3.05, 3.63) is 65.2 Å². The minimum Gasteiger partial charge on any atom is -0.468 e. The Morgan fingerprint density at radius 1 is 1.21 bits per heavy atom. The molecule has 4 nitrogen and oxygen atoms in total. The summed E-state index contributed by atoms with van der Waals surface area (Å²) >= 11 is 0. The van der Waals surface area contributed by atoms with Crippen molar-refractivity contribution >= 4 is 16.8 Å². The van der Waals surface area contributed by atoms with Gasteiger partial charge in [0.2, 0.25) is 0 Å². The maximum atomic E-state index is 12.4. The van der Waals surface area contributed by atoms with Gasteiger partial charge in [-0.15, -0.1) is 0 Å². The fraction of sp³-hybridized carbons (Fsp3) is 0.316. The van der Waals surface area contributed by atoms with E-state index in [0.29, 0.717) is 6.54 Å². The van der Waals surface area contributed by atoms with Crippen LogP contribution < -0.4 is 0 Å². The summed E-state index contributed by atoms with van der Waals surface area (Å²) in [6.07, 6.45) is 2.59. The Morgan fingerprint density at radius 2 is 1.92 bits per heavy atom. The van der Waals surface area contributed by atoms with E-state index >= 15 is 0 Å². The minimum absolute atomic E-state index is 0.228. The van der Waals surface area contributed by atoms with E-state index in [4.69, 9.17) is 4.74 Å². The number of rotatable bonds is 4. The van der Waals surface area contributed by atoms with Crippen molar-refractivity contribution in [3.63, 3.8) is 0 Å². The Labute approximate surface area is 144 Å². The number of fused-ring (bicyclic) bond motifs is 1. The topological polar surface area (TPSA) is 46.6 Å². The number of hydrogen-bond acceptors (Lipinski definition) is 4. The van der Waals surface area contributed by atoms with Gasteiger partial charge in [0, 0.05) is 35.0 Å². The van der Waals surface area contributed by atoms with Gasteiger partial charge < -0.3 is 4.74 Å². The van der Waals surface area contributed by atoms with Crippen LogP contribution in [0.1, 0.15) is 22.7 Å². The smallest absolute Gasteiger partial charge is 0.327 e. The molecule has 126 valence electrons. The lowest BCUT2D eigenvalue weighted by Crippen LogP contribution is -2.39. The van der Waals surface area contributed by atoms with Gasteiger partial charge in [0.1, 0.15) is 6.04 Å². The Bertz CT molecular complexity index is 757. The standard InChI is InChI=1S/C19H21NO3S/c1-23-19(21)18-17-6-4-3-5-15(17)11-12-20(18)13-14-7-9-16(10-8-14)24(2)22/h3-10,18H,11-13H2,1-2H3/t18-,24-/m0/s1. The molecule has 1 aliphatic heterocycles. The Hall–Kier alpha value is -1.98. The molecule has 5 heteroatoms. The highest BCUT2D eigenvalue weighted by molar-refractivity contribution is 7.84. The average Bonchev–Trinajstić information content (AvgIpc) is 2.61. The molecule has 2 atom stereocenters. The van der Waals surface area contributed by atoms with Crippen molar-refractivity contribution in [1.29, 1.82) is 0 Å². The molecule has 0 aliphatic carbocycles. The van der Waals surface area contributed by atoms with Crippen LogP contribution in [0.25, 0.3) is 0 Å². The number of methoxy groups -OCH3 is 1. The number of carbonyl (C=O) groups is 1. The second-order valence-electron chi connectivity index (χ2n) is 5.94. The third kappa shape index (κ3) is 3.42. The van der Waals surface area contributed by atoms with Gasteiger partial charge in [0.15, 0.2) is 0 Å². The molecule has 0 saturated heterocycles. The molecule has 0 N–H and O–H groups in total. The molecule has 0 aromatic heterocycles. The molecule has 0 saturated carbocycles. The van der Waals surface area contributed by atoms with E-state index < -0.39 is 10.8 Å². The van der Waals surface area contributed by atoms with Crippen molar-refractivity contribution in [2.24, 2.45) is 0 Å². The Balaban J connectivity index is 1.86. The average molecular weight is 343 g/mol. The molecule has 0 spiro atoms. The summed E-state index contributed by atoms with van der Waals surface area (Å²) in [5.74, 6) is -0.228. The van der Waals surface area contributed by atoms with Crippen molar-refractivity contribution in [1.82, 2.24) is 4.90 Å². The van der Waals surface area contributed by atoms with Gasteiger partial charge in [-0.05, 0) is 35.2 Å². The number of carbonyl (C=O) groups excluding carboxylic acids is 1. The van der Waals surface area contributed by atoms with Crippen LogP contribution in [0, 0.1) is 0 Å². The van der Waals surface area contributed by atoms with E-state index in [0.717, 1.165) is 29.0 Å². The molecular formula is C19H21NO3S. The van der Waals surface area contributed by atoms with Crippen LogP contribution >= 0.6 is 0 Å². The lowest BCUT2D eigenvalue weighted by molar-refractivity contribution is -0.148. The molecule has 0 amide bonds. The van der Waals surface area contributed by atoms with Crippen LogP contribution in [-0.2, 0) is 33.3 Å². The van der Waals surface area contributed by atoms with Gasteiger partial charge in [0.25, 0.3) is 0 Å². The molecule has 1 aliphatic rings. The first kappa shape index (κ1) is 16.9. The molecule has 2 aromatic carbocycles. The number of benzene rings is 2. The third-order valence-electron chi connectivity index (χ3n) is 4.45. The Kier molecular flexibility index (Phi) is 5.11. The second-order valence-corrected chi connectivity index (χ2v) is 7.32. The summed E-state index contributed by atoms with van der Waals surface area (Å²) in [4.78, 5) is 15.3. The van der Waals surface area contributed by atoms with Crippen molar-refractivity contribution in [2.45, 2.75) is 23.9 Å².